The Labute approximate surface area is 229 Å². The van der Waals surface area contributed by atoms with Crippen LogP contribution in [0.5, 0.6) is 0 Å². The van der Waals surface area contributed by atoms with E-state index in [-0.39, 0.29) is 48.7 Å². The van der Waals surface area contributed by atoms with E-state index in [4.69, 9.17) is 14.9 Å². The summed E-state index contributed by atoms with van der Waals surface area (Å²) in [4.78, 5) is 37.7. The first-order chi connectivity index (χ1) is 19.1. The molecule has 1 unspecified atom stereocenters. The van der Waals surface area contributed by atoms with E-state index >= 15 is 0 Å². The predicted molar refractivity (Wildman–Crippen MR) is 144 cm³/mol. The zero-order valence-corrected chi connectivity index (χ0v) is 22.1. The number of carbonyl (C=O) groups excluding carboxylic acids is 3. The molecule has 12 heteroatoms. The van der Waals surface area contributed by atoms with Crippen LogP contribution in [0.3, 0.4) is 0 Å². The number of allylic oxidation sites excluding steroid dienone is 2. The van der Waals surface area contributed by atoms with Crippen LogP contribution in [0, 0.1) is 23.0 Å². The van der Waals surface area contributed by atoms with Gasteiger partial charge < -0.3 is 35.7 Å². The van der Waals surface area contributed by atoms with Crippen molar-refractivity contribution in [3.05, 3.63) is 77.1 Å². The molecule has 0 radical (unpaired) electrons. The molecule has 1 fully saturated rings. The standard InChI is InChI=1S/C28H29F2N5O5/c1-4-40-27(37)23-12-22(16-5-7-20(8-6-16)32-15(2)36)24(25(31)17-13-35(14-17)28(38)39-3)26(34-23)33-21-10-18(29)9-19(30)11-21/h5-12,17,23,31,33-34H,4,13-14H2,1-3H3,(H,32,36). The summed E-state index contributed by atoms with van der Waals surface area (Å²) in [5.41, 5.74) is 2.17. The van der Waals surface area contributed by atoms with Crippen LogP contribution in [-0.4, -0.2) is 61.4 Å². The van der Waals surface area contributed by atoms with Crippen molar-refractivity contribution in [2.45, 2.75) is 19.9 Å². The molecule has 4 rings (SSSR count). The van der Waals surface area contributed by atoms with E-state index in [1.54, 1.807) is 37.3 Å². The molecule has 0 bridgehead atoms. The maximum absolute atomic E-state index is 14.0. The first kappa shape index (κ1) is 28.3. The maximum Gasteiger partial charge on any atom is 0.409 e. The maximum atomic E-state index is 14.0. The number of carbonyl (C=O) groups is 3. The second kappa shape index (κ2) is 12.0. The molecule has 10 nitrogen and oxygen atoms in total. The number of esters is 1. The number of amides is 2. The van der Waals surface area contributed by atoms with E-state index in [0.29, 0.717) is 22.4 Å². The summed E-state index contributed by atoms with van der Waals surface area (Å²) in [7, 11) is 1.27. The topological polar surface area (TPSA) is 133 Å². The highest BCUT2D eigenvalue weighted by molar-refractivity contribution is 6.15. The number of methoxy groups -OCH3 is 1. The van der Waals surface area contributed by atoms with E-state index in [2.05, 4.69) is 16.0 Å². The second-order valence-electron chi connectivity index (χ2n) is 9.23. The van der Waals surface area contributed by atoms with Gasteiger partial charge in [0.1, 0.15) is 23.5 Å². The number of rotatable bonds is 8. The van der Waals surface area contributed by atoms with E-state index in [9.17, 15) is 23.2 Å². The molecular weight excluding hydrogens is 524 g/mol. The molecule has 1 saturated heterocycles. The van der Waals surface area contributed by atoms with Crippen molar-refractivity contribution in [3.8, 4) is 0 Å². The van der Waals surface area contributed by atoms with Crippen molar-refractivity contribution in [2.75, 3.05) is 37.4 Å². The molecule has 1 atom stereocenters. The van der Waals surface area contributed by atoms with Crippen molar-refractivity contribution >= 4 is 40.6 Å². The van der Waals surface area contributed by atoms with Crippen LogP contribution >= 0.6 is 0 Å². The Morgan fingerprint density at radius 3 is 2.30 bits per heavy atom. The summed E-state index contributed by atoms with van der Waals surface area (Å²) >= 11 is 0. The number of anilines is 2. The number of hydrogen-bond acceptors (Lipinski definition) is 8. The Hall–Kier alpha value is -4.74. The average Bonchev–Trinajstić information content (AvgIpc) is 2.86. The molecular formula is C28H29F2N5O5. The van der Waals surface area contributed by atoms with Gasteiger partial charge in [-0.15, -0.1) is 0 Å². The Morgan fingerprint density at radius 2 is 1.73 bits per heavy atom. The van der Waals surface area contributed by atoms with Gasteiger partial charge in [0.05, 0.1) is 13.7 Å². The number of halogens is 2. The Balaban J connectivity index is 1.80. The molecule has 2 aromatic carbocycles. The molecule has 0 saturated carbocycles. The summed E-state index contributed by atoms with van der Waals surface area (Å²) in [6.45, 7) is 3.64. The molecule has 0 aromatic heterocycles. The van der Waals surface area contributed by atoms with Crippen molar-refractivity contribution in [1.82, 2.24) is 10.2 Å². The fourth-order valence-corrected chi connectivity index (χ4v) is 4.48. The number of hydrogen-bond donors (Lipinski definition) is 4. The van der Waals surface area contributed by atoms with Crippen LogP contribution in [0.1, 0.15) is 19.4 Å². The van der Waals surface area contributed by atoms with Gasteiger partial charge in [-0.2, -0.15) is 0 Å². The quantitative estimate of drug-likeness (QED) is 0.288. The van der Waals surface area contributed by atoms with Gasteiger partial charge in [-0.05, 0) is 48.4 Å². The largest absolute Gasteiger partial charge is 0.464 e. The van der Waals surface area contributed by atoms with Crippen LogP contribution in [-0.2, 0) is 19.1 Å². The summed E-state index contributed by atoms with van der Waals surface area (Å²) in [5.74, 6) is -2.67. The third-order valence-electron chi connectivity index (χ3n) is 6.33. The molecule has 4 N–H and O–H groups in total. The van der Waals surface area contributed by atoms with E-state index in [1.165, 1.54) is 18.9 Å². The molecule has 2 aliphatic heterocycles. The van der Waals surface area contributed by atoms with Gasteiger partial charge in [0.25, 0.3) is 0 Å². The first-order valence-corrected chi connectivity index (χ1v) is 12.5. The first-order valence-electron chi connectivity index (χ1n) is 12.5. The van der Waals surface area contributed by atoms with Gasteiger partial charge >= 0.3 is 12.1 Å². The molecule has 40 heavy (non-hydrogen) atoms. The second-order valence-corrected chi connectivity index (χ2v) is 9.23. The minimum absolute atomic E-state index is 0.0555. The molecule has 2 heterocycles. The van der Waals surface area contributed by atoms with Gasteiger partial charge in [-0.3, -0.25) is 4.79 Å². The smallest absolute Gasteiger partial charge is 0.409 e. The predicted octanol–water partition coefficient (Wildman–Crippen LogP) is 3.88. The minimum Gasteiger partial charge on any atom is -0.464 e. The van der Waals surface area contributed by atoms with Gasteiger partial charge in [-0.1, -0.05) is 12.1 Å². The highest BCUT2D eigenvalue weighted by Gasteiger charge is 2.39. The van der Waals surface area contributed by atoms with Crippen LogP contribution in [0.25, 0.3) is 5.57 Å². The van der Waals surface area contributed by atoms with E-state index in [1.807, 2.05) is 0 Å². The summed E-state index contributed by atoms with van der Waals surface area (Å²) < 4.78 is 38.0. The summed E-state index contributed by atoms with van der Waals surface area (Å²) in [6.07, 6.45) is 1.10. The van der Waals surface area contributed by atoms with Gasteiger partial charge in [-0.25, -0.2) is 18.4 Å². The van der Waals surface area contributed by atoms with Crippen LogP contribution < -0.4 is 16.0 Å². The zero-order chi connectivity index (χ0) is 29.0. The zero-order valence-electron chi connectivity index (χ0n) is 22.1. The lowest BCUT2D eigenvalue weighted by molar-refractivity contribution is -0.144. The van der Waals surface area contributed by atoms with Crippen molar-refractivity contribution in [2.24, 2.45) is 5.92 Å². The number of nitrogens with one attached hydrogen (secondary N) is 4. The molecule has 0 aliphatic carbocycles. The molecule has 2 aromatic rings. The minimum atomic E-state index is -0.990. The van der Waals surface area contributed by atoms with Gasteiger partial charge in [0.15, 0.2) is 0 Å². The number of benzene rings is 2. The normalized spacial score (nSPS) is 16.8. The lowest BCUT2D eigenvalue weighted by Gasteiger charge is -2.40. The lowest BCUT2D eigenvalue weighted by Crippen LogP contribution is -2.54. The molecule has 2 aliphatic rings. The molecule has 210 valence electrons. The number of nitrogens with zero attached hydrogens (tertiary/aromatic N) is 1. The van der Waals surface area contributed by atoms with Crippen LogP contribution in [0.4, 0.5) is 25.0 Å². The van der Waals surface area contributed by atoms with Gasteiger partial charge in [0.2, 0.25) is 5.91 Å². The SMILES string of the molecule is CCOC(=O)C1C=C(c2ccc(NC(C)=O)cc2)C(C(=N)C2CN(C(=O)OC)C2)=C(Nc2cc(F)cc(F)c2)N1. The summed E-state index contributed by atoms with van der Waals surface area (Å²) in [5, 5.41) is 17.7. The fourth-order valence-electron chi connectivity index (χ4n) is 4.48. The monoisotopic (exact) mass is 553 g/mol. The Kier molecular flexibility index (Phi) is 8.46. The molecule has 2 amide bonds. The lowest BCUT2D eigenvalue weighted by atomic mass is 9.82. The van der Waals surface area contributed by atoms with Crippen molar-refractivity contribution < 1.29 is 32.6 Å². The van der Waals surface area contributed by atoms with Crippen LogP contribution in [0.2, 0.25) is 0 Å². The van der Waals surface area contributed by atoms with Gasteiger partial charge in [0, 0.05) is 54.7 Å². The third kappa shape index (κ3) is 6.28. The van der Waals surface area contributed by atoms with E-state index in [0.717, 1.165) is 18.2 Å². The Bertz CT molecular complexity index is 1380. The molecule has 0 spiro atoms. The van der Waals surface area contributed by atoms with E-state index < -0.39 is 29.7 Å². The number of likely N-dealkylation sites (tertiary alicyclic amines) is 1. The van der Waals surface area contributed by atoms with Crippen LogP contribution in [0.15, 0.2) is 59.9 Å². The highest BCUT2D eigenvalue weighted by atomic mass is 19.1. The highest BCUT2D eigenvalue weighted by Crippen LogP contribution is 2.35. The van der Waals surface area contributed by atoms with Crippen molar-refractivity contribution in [3.63, 3.8) is 0 Å². The third-order valence-corrected chi connectivity index (χ3v) is 6.33. The summed E-state index contributed by atoms with van der Waals surface area (Å²) in [6, 6.07) is 8.71. The number of dihydropyridines is 1. The number of ether oxygens (including phenoxy) is 2. The van der Waals surface area contributed by atoms with Crippen molar-refractivity contribution in [1.29, 1.82) is 5.41 Å². The Morgan fingerprint density at radius 1 is 1.07 bits per heavy atom. The fraction of sp³-hybridized carbons (Fsp3) is 0.286. The average molecular weight is 554 g/mol.